The van der Waals surface area contributed by atoms with Crippen molar-refractivity contribution in [3.8, 4) is 0 Å². The van der Waals surface area contributed by atoms with Crippen LogP contribution in [0.3, 0.4) is 0 Å². The molecule has 34 heavy (non-hydrogen) atoms. The standard InChI is InChI=1S/C25H30N4O4S/c1-18(28-16-12-19(13-17-28)25-27-22-6-2-3-7-23(22)33-25)24(30)26-20-8-10-21(11-9-20)34(31,32)29-14-4-5-15-29/h2-3,6-11,18-19H,4-5,12-17H2,1H3,(H,26,30)/t18-/m1/s1. The van der Waals surface area contributed by atoms with Crippen LogP contribution in [-0.2, 0) is 14.8 Å². The number of benzene rings is 2. The maximum Gasteiger partial charge on any atom is 0.243 e. The highest BCUT2D eigenvalue weighted by molar-refractivity contribution is 7.89. The first-order valence-corrected chi connectivity index (χ1v) is 13.4. The van der Waals surface area contributed by atoms with Gasteiger partial charge in [0.2, 0.25) is 15.9 Å². The summed E-state index contributed by atoms with van der Waals surface area (Å²) < 4.78 is 32.8. The van der Waals surface area contributed by atoms with Crippen LogP contribution in [-0.4, -0.2) is 60.7 Å². The zero-order chi connectivity index (χ0) is 23.7. The van der Waals surface area contributed by atoms with Gasteiger partial charge in [-0.15, -0.1) is 0 Å². The molecule has 0 radical (unpaired) electrons. The normalized spacial score (nSPS) is 19.4. The number of piperidine rings is 1. The molecular weight excluding hydrogens is 452 g/mol. The van der Waals surface area contributed by atoms with Crippen LogP contribution in [0, 0.1) is 0 Å². The molecule has 8 nitrogen and oxygen atoms in total. The van der Waals surface area contributed by atoms with Crippen LogP contribution in [0.15, 0.2) is 57.8 Å². The van der Waals surface area contributed by atoms with Gasteiger partial charge in [0.1, 0.15) is 5.52 Å². The number of carbonyl (C=O) groups excluding carboxylic acids is 1. The number of fused-ring (bicyclic) bond motifs is 1. The van der Waals surface area contributed by atoms with Crippen LogP contribution in [0.1, 0.15) is 44.4 Å². The van der Waals surface area contributed by atoms with Gasteiger partial charge in [-0.05, 0) is 82.1 Å². The Morgan fingerprint density at radius 2 is 1.71 bits per heavy atom. The number of hydrogen-bond acceptors (Lipinski definition) is 6. The molecule has 1 N–H and O–H groups in total. The molecule has 0 bridgehead atoms. The van der Waals surface area contributed by atoms with E-state index in [9.17, 15) is 13.2 Å². The van der Waals surface area contributed by atoms with Crippen LogP contribution in [0.5, 0.6) is 0 Å². The van der Waals surface area contributed by atoms with E-state index < -0.39 is 10.0 Å². The first-order chi connectivity index (χ1) is 16.4. The van der Waals surface area contributed by atoms with Crippen molar-refractivity contribution >= 4 is 32.7 Å². The summed E-state index contributed by atoms with van der Waals surface area (Å²) in [6.07, 6.45) is 3.57. The minimum absolute atomic E-state index is 0.101. The second-order valence-electron chi connectivity index (χ2n) is 9.13. The smallest absolute Gasteiger partial charge is 0.243 e. The first-order valence-electron chi connectivity index (χ1n) is 11.9. The average molecular weight is 483 g/mol. The number of rotatable bonds is 6. The molecule has 2 aliphatic rings. The summed E-state index contributed by atoms with van der Waals surface area (Å²) in [6.45, 7) is 4.61. The molecule has 0 saturated carbocycles. The average Bonchev–Trinajstić information content (AvgIpc) is 3.55. The Hall–Kier alpha value is -2.75. The van der Waals surface area contributed by atoms with Gasteiger partial charge < -0.3 is 9.73 Å². The van der Waals surface area contributed by atoms with Crippen LogP contribution in [0.4, 0.5) is 5.69 Å². The van der Waals surface area contributed by atoms with Crippen LogP contribution >= 0.6 is 0 Å². The number of hydrogen-bond donors (Lipinski definition) is 1. The molecular formula is C25H30N4O4S. The largest absolute Gasteiger partial charge is 0.440 e. The monoisotopic (exact) mass is 482 g/mol. The fourth-order valence-corrected chi connectivity index (χ4v) is 6.32. The molecule has 1 atom stereocenters. The van der Waals surface area contributed by atoms with E-state index in [0.717, 1.165) is 55.8 Å². The summed E-state index contributed by atoms with van der Waals surface area (Å²) in [4.78, 5) is 19.9. The van der Waals surface area contributed by atoms with E-state index in [1.807, 2.05) is 31.2 Å². The van der Waals surface area contributed by atoms with Crippen LogP contribution in [0.2, 0.25) is 0 Å². The molecule has 3 heterocycles. The van der Waals surface area contributed by atoms with Crippen molar-refractivity contribution in [1.29, 1.82) is 0 Å². The second kappa shape index (κ2) is 9.48. The second-order valence-corrected chi connectivity index (χ2v) is 11.1. The van der Waals surface area contributed by atoms with Gasteiger partial charge in [0, 0.05) is 24.7 Å². The van der Waals surface area contributed by atoms with Gasteiger partial charge in [0.05, 0.1) is 10.9 Å². The van der Waals surface area contributed by atoms with Crippen molar-refractivity contribution in [2.24, 2.45) is 0 Å². The van der Waals surface area contributed by atoms with E-state index in [0.29, 0.717) is 18.8 Å². The predicted octanol–water partition coefficient (Wildman–Crippen LogP) is 3.82. The zero-order valence-corrected chi connectivity index (χ0v) is 20.1. The summed E-state index contributed by atoms with van der Waals surface area (Å²) >= 11 is 0. The number of sulfonamides is 1. The number of oxazole rings is 1. The molecule has 2 saturated heterocycles. The Kier molecular flexibility index (Phi) is 6.42. The highest BCUT2D eigenvalue weighted by Crippen LogP contribution is 2.31. The Morgan fingerprint density at radius 3 is 2.38 bits per heavy atom. The van der Waals surface area contributed by atoms with E-state index in [1.54, 1.807) is 24.3 Å². The summed E-state index contributed by atoms with van der Waals surface area (Å²) in [7, 11) is -3.45. The summed E-state index contributed by atoms with van der Waals surface area (Å²) in [5, 5.41) is 2.93. The SMILES string of the molecule is C[C@H](C(=O)Nc1ccc(S(=O)(=O)N2CCCC2)cc1)N1CCC(c2nc3ccccc3o2)CC1. The fraction of sp³-hybridized carbons (Fsp3) is 0.440. The van der Waals surface area contributed by atoms with Crippen molar-refractivity contribution in [3.63, 3.8) is 0 Å². The van der Waals surface area contributed by atoms with Crippen LogP contribution < -0.4 is 5.32 Å². The lowest BCUT2D eigenvalue weighted by Gasteiger charge is -2.34. The number of likely N-dealkylation sites (tertiary alicyclic amines) is 1. The first kappa shape index (κ1) is 23.0. The third kappa shape index (κ3) is 4.60. The topological polar surface area (TPSA) is 95.8 Å². The number of nitrogens with one attached hydrogen (secondary N) is 1. The van der Waals surface area contributed by atoms with Gasteiger partial charge in [-0.1, -0.05) is 12.1 Å². The van der Waals surface area contributed by atoms with E-state index in [2.05, 4.69) is 15.2 Å². The molecule has 2 aromatic carbocycles. The van der Waals surface area contributed by atoms with Gasteiger partial charge >= 0.3 is 0 Å². The number of anilines is 1. The molecule has 0 spiro atoms. The lowest BCUT2D eigenvalue weighted by molar-refractivity contribution is -0.121. The number of amides is 1. The molecule has 5 rings (SSSR count). The van der Waals surface area contributed by atoms with Crippen molar-refractivity contribution in [2.45, 2.75) is 49.5 Å². The molecule has 1 aromatic heterocycles. The number of para-hydroxylation sites is 2. The zero-order valence-electron chi connectivity index (χ0n) is 19.3. The minimum Gasteiger partial charge on any atom is -0.440 e. The maximum atomic E-state index is 12.9. The number of aromatic nitrogens is 1. The van der Waals surface area contributed by atoms with Crippen LogP contribution in [0.25, 0.3) is 11.1 Å². The maximum absolute atomic E-state index is 12.9. The number of nitrogens with zero attached hydrogens (tertiary/aromatic N) is 3. The van der Waals surface area contributed by atoms with Crippen molar-refractivity contribution in [1.82, 2.24) is 14.2 Å². The Balaban J connectivity index is 1.16. The molecule has 0 aliphatic carbocycles. The third-order valence-electron chi connectivity index (χ3n) is 6.94. The van der Waals surface area contributed by atoms with E-state index in [4.69, 9.17) is 4.42 Å². The molecule has 0 unspecified atom stereocenters. The van der Waals surface area contributed by atoms with Crippen molar-refractivity contribution < 1.29 is 17.6 Å². The summed E-state index contributed by atoms with van der Waals surface area (Å²) in [5.74, 6) is 0.932. The van der Waals surface area contributed by atoms with E-state index in [-0.39, 0.29) is 22.8 Å². The van der Waals surface area contributed by atoms with E-state index in [1.165, 1.54) is 4.31 Å². The summed E-state index contributed by atoms with van der Waals surface area (Å²) in [5.41, 5.74) is 2.29. The van der Waals surface area contributed by atoms with Crippen molar-refractivity contribution in [2.75, 3.05) is 31.5 Å². The Morgan fingerprint density at radius 1 is 1.03 bits per heavy atom. The molecule has 9 heteroatoms. The molecule has 180 valence electrons. The molecule has 2 aliphatic heterocycles. The van der Waals surface area contributed by atoms with Gasteiger partial charge in [0.15, 0.2) is 11.5 Å². The minimum atomic E-state index is -3.45. The predicted molar refractivity (Wildman–Crippen MR) is 130 cm³/mol. The summed E-state index contributed by atoms with van der Waals surface area (Å²) in [6, 6.07) is 14.0. The Bertz CT molecular complexity index is 1220. The van der Waals surface area contributed by atoms with Gasteiger partial charge in [-0.3, -0.25) is 9.69 Å². The highest BCUT2D eigenvalue weighted by Gasteiger charge is 2.30. The van der Waals surface area contributed by atoms with Crippen molar-refractivity contribution in [3.05, 3.63) is 54.4 Å². The molecule has 3 aromatic rings. The quantitative estimate of drug-likeness (QED) is 0.574. The highest BCUT2D eigenvalue weighted by atomic mass is 32.2. The van der Waals surface area contributed by atoms with Gasteiger partial charge in [-0.2, -0.15) is 4.31 Å². The van der Waals surface area contributed by atoms with E-state index >= 15 is 0 Å². The fourth-order valence-electron chi connectivity index (χ4n) is 4.80. The lowest BCUT2D eigenvalue weighted by Crippen LogP contribution is -2.45. The third-order valence-corrected chi connectivity index (χ3v) is 8.85. The molecule has 1 amide bonds. The Labute approximate surface area is 200 Å². The molecule has 2 fully saturated rings. The lowest BCUT2D eigenvalue weighted by atomic mass is 9.95. The number of carbonyl (C=O) groups is 1. The van der Waals surface area contributed by atoms with Gasteiger partial charge in [-0.25, -0.2) is 13.4 Å². The van der Waals surface area contributed by atoms with Gasteiger partial charge in [0.25, 0.3) is 0 Å².